The number of nitro groups is 1. The van der Waals surface area contributed by atoms with Crippen LogP contribution in [-0.2, 0) is 9.53 Å². The van der Waals surface area contributed by atoms with E-state index in [1.54, 1.807) is 35.2 Å². The lowest BCUT2D eigenvalue weighted by Gasteiger charge is -2.22. The molecule has 0 N–H and O–H groups in total. The van der Waals surface area contributed by atoms with Crippen LogP contribution in [0, 0.1) is 10.1 Å². The fourth-order valence-corrected chi connectivity index (χ4v) is 4.69. The van der Waals surface area contributed by atoms with Gasteiger partial charge in [0.15, 0.2) is 0 Å². The third-order valence-corrected chi connectivity index (χ3v) is 6.26. The molecule has 1 amide bonds. The van der Waals surface area contributed by atoms with Gasteiger partial charge in [-0.3, -0.25) is 14.9 Å². The Bertz CT molecular complexity index is 919. The van der Waals surface area contributed by atoms with Crippen molar-refractivity contribution in [2.75, 3.05) is 13.2 Å². The first-order valence-electron chi connectivity index (χ1n) is 8.85. The molecular weight excluding hydrogens is 400 g/mol. The van der Waals surface area contributed by atoms with Gasteiger partial charge in [0.2, 0.25) is 0 Å². The monoisotopic (exact) mass is 418 g/mol. The van der Waals surface area contributed by atoms with Crippen molar-refractivity contribution in [2.45, 2.75) is 23.7 Å². The van der Waals surface area contributed by atoms with E-state index in [2.05, 4.69) is 12.6 Å². The lowest BCUT2D eigenvalue weighted by molar-refractivity contribution is -0.384. The zero-order valence-electron chi connectivity index (χ0n) is 14.8. The van der Waals surface area contributed by atoms with Crippen molar-refractivity contribution >= 4 is 42.1 Å². The van der Waals surface area contributed by atoms with E-state index in [0.717, 1.165) is 25.0 Å². The first-order chi connectivity index (χ1) is 13.5. The molecule has 2 fully saturated rings. The molecule has 28 heavy (non-hydrogen) atoms. The quantitative estimate of drug-likeness (QED) is 0.340. The predicted molar refractivity (Wildman–Crippen MR) is 110 cm³/mol. The maximum atomic E-state index is 12.7. The Morgan fingerprint density at radius 1 is 1.29 bits per heavy atom. The summed E-state index contributed by atoms with van der Waals surface area (Å²) in [5.41, 5.74) is 0.754. The van der Waals surface area contributed by atoms with Crippen LogP contribution in [0.2, 0.25) is 0 Å². The van der Waals surface area contributed by atoms with Gasteiger partial charge in [0, 0.05) is 36.9 Å². The van der Waals surface area contributed by atoms with Crippen LogP contribution in [0.25, 0.3) is 17.4 Å². The number of thioether (sulfide) groups is 1. The van der Waals surface area contributed by atoms with Crippen molar-refractivity contribution in [1.82, 2.24) is 4.90 Å². The normalized spacial score (nSPS) is 23.7. The molecule has 2 aromatic rings. The van der Waals surface area contributed by atoms with Crippen molar-refractivity contribution in [3.8, 4) is 11.3 Å². The number of non-ortho nitro benzene ring substituents is 1. The molecule has 0 spiro atoms. The number of nitrogens with zero attached hydrogens (tertiary/aromatic N) is 2. The van der Waals surface area contributed by atoms with Gasteiger partial charge in [-0.15, -0.1) is 12.6 Å². The van der Waals surface area contributed by atoms with Crippen molar-refractivity contribution in [3.63, 3.8) is 0 Å². The Morgan fingerprint density at radius 2 is 2.07 bits per heavy atom. The summed E-state index contributed by atoms with van der Waals surface area (Å²) in [7, 11) is 0. The van der Waals surface area contributed by atoms with Crippen LogP contribution in [-0.4, -0.2) is 39.7 Å². The van der Waals surface area contributed by atoms with Gasteiger partial charge in [0.25, 0.3) is 11.6 Å². The minimum Gasteiger partial charge on any atom is -0.457 e. The van der Waals surface area contributed by atoms with E-state index in [0.29, 0.717) is 23.0 Å². The van der Waals surface area contributed by atoms with Gasteiger partial charge < -0.3 is 14.1 Å². The third-order valence-electron chi connectivity index (χ3n) is 4.66. The van der Waals surface area contributed by atoms with E-state index in [1.165, 1.54) is 23.9 Å². The van der Waals surface area contributed by atoms with E-state index in [9.17, 15) is 14.9 Å². The van der Waals surface area contributed by atoms with Crippen molar-refractivity contribution in [2.24, 2.45) is 0 Å². The van der Waals surface area contributed by atoms with Gasteiger partial charge in [-0.05, 0) is 37.1 Å². The molecule has 146 valence electrons. The van der Waals surface area contributed by atoms with Crippen LogP contribution in [0.4, 0.5) is 5.69 Å². The summed E-state index contributed by atoms with van der Waals surface area (Å²) in [4.78, 5) is 25.3. The Morgan fingerprint density at radius 3 is 2.75 bits per heavy atom. The molecule has 7 nitrogen and oxygen atoms in total. The molecular formula is C19H18N2O5S2. The van der Waals surface area contributed by atoms with Crippen molar-refractivity contribution in [1.29, 1.82) is 0 Å². The van der Waals surface area contributed by atoms with Crippen molar-refractivity contribution < 1.29 is 18.9 Å². The number of benzene rings is 1. The summed E-state index contributed by atoms with van der Waals surface area (Å²) >= 11 is 5.90. The lowest BCUT2D eigenvalue weighted by atomic mass is 10.1. The van der Waals surface area contributed by atoms with E-state index in [1.807, 2.05) is 0 Å². The van der Waals surface area contributed by atoms with Crippen molar-refractivity contribution in [3.05, 3.63) is 57.2 Å². The molecule has 2 saturated heterocycles. The second kappa shape index (κ2) is 8.02. The fourth-order valence-electron chi connectivity index (χ4n) is 3.21. The number of hydrogen-bond donors (Lipinski definition) is 1. The van der Waals surface area contributed by atoms with Gasteiger partial charge in [0.05, 0.1) is 15.9 Å². The third kappa shape index (κ3) is 3.96. The smallest absolute Gasteiger partial charge is 0.269 e. The van der Waals surface area contributed by atoms with Crippen LogP contribution < -0.4 is 0 Å². The number of carbonyl (C=O) groups is 1. The highest BCUT2D eigenvalue weighted by Crippen LogP contribution is 2.39. The van der Waals surface area contributed by atoms with Crippen LogP contribution in [0.3, 0.4) is 0 Å². The number of hydrogen-bond acceptors (Lipinski definition) is 7. The van der Waals surface area contributed by atoms with E-state index in [-0.39, 0.29) is 22.4 Å². The number of ether oxygens (including phenoxy) is 1. The molecule has 2 unspecified atom stereocenters. The number of furan rings is 1. The van der Waals surface area contributed by atoms with Gasteiger partial charge in [-0.25, -0.2) is 0 Å². The van der Waals surface area contributed by atoms with Gasteiger partial charge in [0.1, 0.15) is 16.2 Å². The molecule has 0 aliphatic carbocycles. The molecule has 4 rings (SSSR count). The molecule has 0 saturated carbocycles. The number of thiol groups is 1. The van der Waals surface area contributed by atoms with Gasteiger partial charge >= 0.3 is 0 Å². The topological polar surface area (TPSA) is 85.8 Å². The maximum Gasteiger partial charge on any atom is 0.269 e. The number of rotatable bonds is 5. The average molecular weight is 418 g/mol. The average Bonchev–Trinajstić information content (AvgIpc) is 3.41. The maximum absolute atomic E-state index is 12.7. The Hall–Kier alpha value is -2.23. The Labute approximate surface area is 171 Å². The van der Waals surface area contributed by atoms with E-state index >= 15 is 0 Å². The standard InChI is InChI=1S/C19H18N2O5S2/c22-18-17(28-19(27)20(18)11-15-2-1-9-25-15)10-14-7-8-16(26-14)12-3-5-13(6-4-12)21(23)24/h3-8,10,15,19,27H,1-2,9,11H2/b17-10-. The molecule has 2 aliphatic rings. The number of nitro benzene ring substituents is 1. The summed E-state index contributed by atoms with van der Waals surface area (Å²) in [5, 5.41) is 10.8. The number of amides is 1. The molecule has 9 heteroatoms. The van der Waals surface area contributed by atoms with E-state index < -0.39 is 4.92 Å². The first-order valence-corrected chi connectivity index (χ1v) is 10.2. The van der Waals surface area contributed by atoms with Gasteiger partial charge in [-0.2, -0.15) is 0 Å². The summed E-state index contributed by atoms with van der Waals surface area (Å²) in [6, 6.07) is 9.68. The van der Waals surface area contributed by atoms with Crippen LogP contribution in [0.5, 0.6) is 0 Å². The zero-order chi connectivity index (χ0) is 19.7. The first kappa shape index (κ1) is 19.1. The Kier molecular flexibility index (Phi) is 5.47. The predicted octanol–water partition coefficient (Wildman–Crippen LogP) is 4.16. The zero-order valence-corrected chi connectivity index (χ0v) is 16.5. The summed E-state index contributed by atoms with van der Waals surface area (Å²) in [6.45, 7) is 1.29. The molecule has 2 aliphatic heterocycles. The van der Waals surface area contributed by atoms with Crippen LogP contribution >= 0.6 is 24.4 Å². The molecule has 1 aromatic heterocycles. The van der Waals surface area contributed by atoms with Crippen LogP contribution in [0.15, 0.2) is 45.7 Å². The molecule has 0 radical (unpaired) electrons. The highest BCUT2D eigenvalue weighted by molar-refractivity contribution is 8.14. The highest BCUT2D eigenvalue weighted by Gasteiger charge is 2.36. The minimum absolute atomic E-state index is 0.0248. The Balaban J connectivity index is 1.48. The largest absolute Gasteiger partial charge is 0.457 e. The number of carbonyl (C=O) groups excluding carboxylic acids is 1. The summed E-state index contributed by atoms with van der Waals surface area (Å²) in [5.74, 6) is 1.05. The second-order valence-corrected chi connectivity index (χ2v) is 8.51. The fraction of sp³-hybridized carbons (Fsp3) is 0.316. The molecule has 3 heterocycles. The van der Waals surface area contributed by atoms with Crippen LogP contribution in [0.1, 0.15) is 18.6 Å². The molecule has 2 atom stereocenters. The molecule has 1 aromatic carbocycles. The molecule has 0 bridgehead atoms. The summed E-state index contributed by atoms with van der Waals surface area (Å²) in [6.07, 6.45) is 3.78. The summed E-state index contributed by atoms with van der Waals surface area (Å²) < 4.78 is 11.2. The second-order valence-electron chi connectivity index (χ2n) is 6.55. The highest BCUT2D eigenvalue weighted by atomic mass is 32.2. The lowest BCUT2D eigenvalue weighted by Crippen LogP contribution is -2.36. The van der Waals surface area contributed by atoms with E-state index in [4.69, 9.17) is 9.15 Å². The van der Waals surface area contributed by atoms with Gasteiger partial charge in [-0.1, -0.05) is 11.8 Å². The minimum atomic E-state index is -0.444. The SMILES string of the molecule is O=C1/C(=C/c2ccc(-c3ccc([N+](=O)[O-])cc3)o2)SC(S)N1CC1CCCO1.